The van der Waals surface area contributed by atoms with Crippen molar-refractivity contribution < 1.29 is 23.1 Å². The van der Waals surface area contributed by atoms with Gasteiger partial charge in [0.05, 0.1) is 11.6 Å². The minimum absolute atomic E-state index is 0.358. The van der Waals surface area contributed by atoms with Gasteiger partial charge in [-0.05, 0) is 24.5 Å². The molecule has 0 fully saturated rings. The summed E-state index contributed by atoms with van der Waals surface area (Å²) >= 11 is 7.39. The molecule has 1 aromatic rings. The van der Waals surface area contributed by atoms with Crippen LogP contribution in [0.3, 0.4) is 0 Å². The van der Waals surface area contributed by atoms with Gasteiger partial charge in [-0.3, -0.25) is 0 Å². The Kier molecular flexibility index (Phi) is 6.18. The molecule has 0 spiro atoms. The highest BCUT2D eigenvalue weighted by atomic mass is 35.5. The first-order valence-corrected chi connectivity index (χ1v) is 7.36. The molecule has 0 aliphatic heterocycles. The van der Waals surface area contributed by atoms with Crippen molar-refractivity contribution in [1.29, 1.82) is 0 Å². The van der Waals surface area contributed by atoms with Crippen LogP contribution in [0.5, 0.6) is 0 Å². The van der Waals surface area contributed by atoms with Crippen molar-refractivity contribution in [1.82, 2.24) is 4.90 Å². The highest BCUT2D eigenvalue weighted by Crippen LogP contribution is 2.28. The Bertz CT molecular complexity index is 514. The molecule has 1 aromatic carbocycles. The third kappa shape index (κ3) is 5.29. The SMILES string of the molecule is CSc1ccc(NC(=O)N(C)C[C@H](O)C(F)(F)F)cc1Cl. The summed E-state index contributed by atoms with van der Waals surface area (Å²) in [6.07, 6.45) is -5.51. The van der Waals surface area contributed by atoms with Gasteiger partial charge in [-0.2, -0.15) is 13.2 Å². The number of aliphatic hydroxyl groups is 1. The van der Waals surface area contributed by atoms with Crippen LogP contribution >= 0.6 is 23.4 Å². The molecule has 0 radical (unpaired) electrons. The molecule has 0 aliphatic carbocycles. The summed E-state index contributed by atoms with van der Waals surface area (Å²) in [6, 6.07) is 4.00. The van der Waals surface area contributed by atoms with Crippen LogP contribution in [-0.4, -0.2) is 48.2 Å². The second-order valence-electron chi connectivity index (χ2n) is 4.22. The zero-order chi connectivity index (χ0) is 16.2. The Hall–Kier alpha value is -1.12. The maximum atomic E-state index is 12.2. The van der Waals surface area contributed by atoms with E-state index < -0.39 is 24.9 Å². The first-order valence-electron chi connectivity index (χ1n) is 5.75. The van der Waals surface area contributed by atoms with Crippen LogP contribution < -0.4 is 5.32 Å². The number of hydrogen-bond donors (Lipinski definition) is 2. The van der Waals surface area contributed by atoms with E-state index in [-0.39, 0.29) is 0 Å². The second kappa shape index (κ2) is 7.24. The third-order valence-corrected chi connectivity index (χ3v) is 3.79. The molecule has 21 heavy (non-hydrogen) atoms. The zero-order valence-electron chi connectivity index (χ0n) is 11.2. The second-order valence-corrected chi connectivity index (χ2v) is 5.47. The number of nitrogens with one attached hydrogen (secondary N) is 1. The number of carbonyl (C=O) groups excluding carboxylic acids is 1. The molecule has 0 bridgehead atoms. The summed E-state index contributed by atoms with van der Waals surface area (Å²) in [5.41, 5.74) is 0.358. The summed E-state index contributed by atoms with van der Waals surface area (Å²) in [5, 5.41) is 11.7. The van der Waals surface area contributed by atoms with Gasteiger partial charge in [-0.25, -0.2) is 4.79 Å². The lowest BCUT2D eigenvalue weighted by Gasteiger charge is -2.22. The molecule has 0 aliphatic rings. The number of benzene rings is 1. The van der Waals surface area contributed by atoms with Gasteiger partial charge in [-0.1, -0.05) is 11.6 Å². The molecule has 0 saturated carbocycles. The lowest BCUT2D eigenvalue weighted by molar-refractivity contribution is -0.205. The molecule has 1 rings (SSSR count). The van der Waals surface area contributed by atoms with Crippen molar-refractivity contribution >= 4 is 35.1 Å². The molecular weight excluding hydrogens is 329 g/mol. The number of amides is 2. The van der Waals surface area contributed by atoms with Crippen LogP contribution in [0.15, 0.2) is 23.1 Å². The number of nitrogens with zero attached hydrogens (tertiary/aromatic N) is 1. The van der Waals surface area contributed by atoms with Crippen molar-refractivity contribution in [3.8, 4) is 0 Å². The minimum atomic E-state index is -4.77. The van der Waals surface area contributed by atoms with E-state index in [1.165, 1.54) is 17.8 Å². The number of likely N-dealkylation sites (N-methyl/N-ethyl adjacent to an activating group) is 1. The Morgan fingerprint density at radius 2 is 2.14 bits per heavy atom. The van der Waals surface area contributed by atoms with Crippen LogP contribution in [0.2, 0.25) is 5.02 Å². The number of rotatable bonds is 4. The average Bonchev–Trinajstić information content (AvgIpc) is 2.37. The lowest BCUT2D eigenvalue weighted by atomic mass is 10.3. The molecule has 1 atom stereocenters. The van der Waals surface area contributed by atoms with Crippen molar-refractivity contribution in [2.24, 2.45) is 0 Å². The molecule has 4 nitrogen and oxygen atoms in total. The van der Waals surface area contributed by atoms with E-state index in [1.54, 1.807) is 12.1 Å². The Labute approximate surface area is 129 Å². The van der Waals surface area contributed by atoms with E-state index in [4.69, 9.17) is 16.7 Å². The number of urea groups is 1. The fourth-order valence-corrected chi connectivity index (χ4v) is 2.28. The van der Waals surface area contributed by atoms with Gasteiger partial charge in [0.1, 0.15) is 0 Å². The quantitative estimate of drug-likeness (QED) is 0.824. The molecule has 0 heterocycles. The van der Waals surface area contributed by atoms with Crippen LogP contribution in [0.4, 0.5) is 23.7 Å². The van der Waals surface area contributed by atoms with Gasteiger partial charge < -0.3 is 15.3 Å². The topological polar surface area (TPSA) is 52.6 Å². The zero-order valence-corrected chi connectivity index (χ0v) is 12.8. The number of halogens is 4. The highest BCUT2D eigenvalue weighted by molar-refractivity contribution is 7.98. The number of hydrogen-bond acceptors (Lipinski definition) is 3. The minimum Gasteiger partial charge on any atom is -0.382 e. The maximum Gasteiger partial charge on any atom is 0.416 e. The van der Waals surface area contributed by atoms with E-state index >= 15 is 0 Å². The van der Waals surface area contributed by atoms with Crippen molar-refractivity contribution in [2.75, 3.05) is 25.2 Å². The van der Waals surface area contributed by atoms with Gasteiger partial charge in [0.25, 0.3) is 0 Å². The van der Waals surface area contributed by atoms with Crippen LogP contribution in [-0.2, 0) is 0 Å². The number of aliphatic hydroxyl groups excluding tert-OH is 1. The van der Waals surface area contributed by atoms with Crippen LogP contribution in [0, 0.1) is 0 Å². The monoisotopic (exact) mass is 342 g/mol. The number of thioether (sulfide) groups is 1. The van der Waals surface area contributed by atoms with E-state index in [0.717, 1.165) is 16.8 Å². The van der Waals surface area contributed by atoms with Gasteiger partial charge in [0.15, 0.2) is 6.10 Å². The summed E-state index contributed by atoms with van der Waals surface area (Å²) in [4.78, 5) is 13.3. The summed E-state index contributed by atoms with van der Waals surface area (Å²) < 4.78 is 36.6. The molecule has 0 unspecified atom stereocenters. The summed E-state index contributed by atoms with van der Waals surface area (Å²) in [5.74, 6) is 0. The van der Waals surface area contributed by atoms with Crippen molar-refractivity contribution in [2.45, 2.75) is 17.2 Å². The predicted molar refractivity (Wildman–Crippen MR) is 76.9 cm³/mol. The molecule has 9 heteroatoms. The molecule has 2 N–H and O–H groups in total. The first-order chi connectivity index (χ1) is 9.65. The van der Waals surface area contributed by atoms with E-state index in [1.807, 2.05) is 6.26 Å². The fraction of sp³-hybridized carbons (Fsp3) is 0.417. The van der Waals surface area contributed by atoms with Gasteiger partial charge in [0.2, 0.25) is 0 Å². The first kappa shape index (κ1) is 17.9. The highest BCUT2D eigenvalue weighted by Gasteiger charge is 2.39. The summed E-state index contributed by atoms with van der Waals surface area (Å²) in [6.45, 7) is -0.855. The molecular formula is C12H14ClF3N2O2S. The molecule has 118 valence electrons. The van der Waals surface area contributed by atoms with Crippen molar-refractivity contribution in [3.05, 3.63) is 23.2 Å². The van der Waals surface area contributed by atoms with Gasteiger partial charge >= 0.3 is 12.2 Å². The maximum absolute atomic E-state index is 12.2. The average molecular weight is 343 g/mol. The Balaban J connectivity index is 2.66. The number of anilines is 1. The molecule has 0 aromatic heterocycles. The standard InChI is InChI=1S/C12H14ClF3N2O2S/c1-18(6-10(19)12(14,15)16)11(20)17-7-3-4-9(21-2)8(13)5-7/h3-5,10,19H,6H2,1-2H3,(H,17,20)/t10-/m0/s1. The van der Waals surface area contributed by atoms with E-state index in [2.05, 4.69) is 5.32 Å². The number of carbonyl (C=O) groups is 1. The predicted octanol–water partition coefficient (Wildman–Crippen LogP) is 3.45. The number of alkyl halides is 3. The van der Waals surface area contributed by atoms with Crippen molar-refractivity contribution in [3.63, 3.8) is 0 Å². The van der Waals surface area contributed by atoms with Gasteiger partial charge in [0, 0.05) is 17.6 Å². The largest absolute Gasteiger partial charge is 0.416 e. The van der Waals surface area contributed by atoms with Crippen LogP contribution in [0.25, 0.3) is 0 Å². The molecule has 0 saturated heterocycles. The van der Waals surface area contributed by atoms with Crippen LogP contribution in [0.1, 0.15) is 0 Å². The third-order valence-electron chi connectivity index (χ3n) is 2.57. The Morgan fingerprint density at radius 3 is 2.62 bits per heavy atom. The Morgan fingerprint density at radius 1 is 1.52 bits per heavy atom. The van der Waals surface area contributed by atoms with E-state index in [0.29, 0.717) is 10.7 Å². The fourth-order valence-electron chi connectivity index (χ4n) is 1.41. The smallest absolute Gasteiger partial charge is 0.382 e. The normalized spacial score (nSPS) is 12.9. The molecule has 2 amide bonds. The lowest BCUT2D eigenvalue weighted by Crippen LogP contribution is -2.43. The summed E-state index contributed by atoms with van der Waals surface area (Å²) in [7, 11) is 1.15. The van der Waals surface area contributed by atoms with E-state index in [9.17, 15) is 18.0 Å². The van der Waals surface area contributed by atoms with Gasteiger partial charge in [-0.15, -0.1) is 11.8 Å².